The van der Waals surface area contributed by atoms with Gasteiger partial charge in [-0.05, 0) is 18.6 Å². The molecule has 17 heavy (non-hydrogen) atoms. The lowest BCUT2D eigenvalue weighted by molar-refractivity contribution is 0.700. The van der Waals surface area contributed by atoms with Crippen LogP contribution in [0.15, 0.2) is 24.3 Å². The largest absolute Gasteiger partial charge is 0.352 e. The first-order valence-electron chi connectivity index (χ1n) is 5.87. The number of hydrogen-bond donors (Lipinski definition) is 1. The smallest absolute Gasteiger partial charge is 0.203 e. The third kappa shape index (κ3) is 2.26. The van der Waals surface area contributed by atoms with Gasteiger partial charge in [0.1, 0.15) is 0 Å². The van der Waals surface area contributed by atoms with Crippen molar-refractivity contribution in [3.63, 3.8) is 0 Å². The lowest BCUT2D eigenvalue weighted by atomic mass is 10.2. The number of nitrogens with zero attached hydrogens (tertiary/aromatic N) is 2. The molecule has 1 atom stereocenters. The molecule has 1 aromatic carbocycles. The number of fused-ring (bicyclic) bond motifs is 1. The van der Waals surface area contributed by atoms with Crippen molar-refractivity contribution in [3.05, 3.63) is 24.3 Å². The second-order valence-corrected chi connectivity index (χ2v) is 4.14. The monoisotopic (exact) mass is 227 g/mol. The fourth-order valence-electron chi connectivity index (χ4n) is 1.90. The fourth-order valence-corrected chi connectivity index (χ4v) is 1.90. The van der Waals surface area contributed by atoms with E-state index in [0.717, 1.165) is 29.8 Å². The van der Waals surface area contributed by atoms with Gasteiger partial charge in [-0.1, -0.05) is 19.1 Å². The number of imidazole rings is 1. The van der Waals surface area contributed by atoms with Gasteiger partial charge >= 0.3 is 0 Å². The predicted octanol–water partition coefficient (Wildman–Crippen LogP) is 2.79. The van der Waals surface area contributed by atoms with Gasteiger partial charge in [0, 0.05) is 19.5 Å². The van der Waals surface area contributed by atoms with Gasteiger partial charge in [-0.2, -0.15) is 0 Å². The standard InChI is InChI=1S/C14H17N3/c1-4-8-11(5-2)15-14-16-12-9-6-7-10-13(12)17(14)3/h1,6-7,9-11H,5,8H2,2-3H3,(H,15,16). The molecule has 1 N–H and O–H groups in total. The Morgan fingerprint density at radius 2 is 2.24 bits per heavy atom. The molecule has 0 radical (unpaired) electrons. The molecule has 0 aliphatic rings. The lowest BCUT2D eigenvalue weighted by Gasteiger charge is -2.14. The highest BCUT2D eigenvalue weighted by Gasteiger charge is 2.10. The number of nitrogens with one attached hydrogen (secondary N) is 1. The average molecular weight is 227 g/mol. The third-order valence-corrected chi connectivity index (χ3v) is 2.98. The molecule has 88 valence electrons. The number of benzene rings is 1. The molecule has 3 nitrogen and oxygen atoms in total. The van der Waals surface area contributed by atoms with Crippen LogP contribution in [0.2, 0.25) is 0 Å². The Kier molecular flexibility index (Phi) is 3.34. The maximum atomic E-state index is 5.35. The summed E-state index contributed by atoms with van der Waals surface area (Å²) in [5, 5.41) is 3.40. The van der Waals surface area contributed by atoms with Crippen LogP contribution in [-0.4, -0.2) is 15.6 Å². The molecule has 0 aliphatic heterocycles. The third-order valence-electron chi connectivity index (χ3n) is 2.98. The van der Waals surface area contributed by atoms with E-state index < -0.39 is 0 Å². The van der Waals surface area contributed by atoms with E-state index in [1.165, 1.54) is 0 Å². The van der Waals surface area contributed by atoms with Crippen LogP contribution < -0.4 is 5.32 Å². The van der Waals surface area contributed by atoms with E-state index in [1.54, 1.807) is 0 Å². The van der Waals surface area contributed by atoms with Gasteiger partial charge in [0.15, 0.2) is 0 Å². The van der Waals surface area contributed by atoms with E-state index in [-0.39, 0.29) is 6.04 Å². The van der Waals surface area contributed by atoms with Crippen LogP contribution in [-0.2, 0) is 7.05 Å². The number of hydrogen-bond acceptors (Lipinski definition) is 2. The van der Waals surface area contributed by atoms with Gasteiger partial charge in [0.2, 0.25) is 5.95 Å². The summed E-state index contributed by atoms with van der Waals surface area (Å²) in [5.74, 6) is 3.58. The molecule has 3 heteroatoms. The van der Waals surface area contributed by atoms with Gasteiger partial charge in [-0.3, -0.25) is 0 Å². The van der Waals surface area contributed by atoms with E-state index in [0.29, 0.717) is 0 Å². The summed E-state index contributed by atoms with van der Waals surface area (Å²) < 4.78 is 2.06. The summed E-state index contributed by atoms with van der Waals surface area (Å²) in [5.41, 5.74) is 2.14. The van der Waals surface area contributed by atoms with Gasteiger partial charge < -0.3 is 9.88 Å². The first-order chi connectivity index (χ1) is 8.26. The molecule has 0 aliphatic carbocycles. The first-order valence-corrected chi connectivity index (χ1v) is 5.87. The second kappa shape index (κ2) is 4.92. The van der Waals surface area contributed by atoms with E-state index >= 15 is 0 Å². The second-order valence-electron chi connectivity index (χ2n) is 4.14. The molecule has 0 saturated carbocycles. The number of terminal acetylenes is 1. The minimum Gasteiger partial charge on any atom is -0.352 e. The Morgan fingerprint density at radius 1 is 1.47 bits per heavy atom. The summed E-state index contributed by atoms with van der Waals surface area (Å²) in [6.45, 7) is 2.12. The molecule has 2 rings (SSSR count). The van der Waals surface area contributed by atoms with Gasteiger partial charge in [-0.15, -0.1) is 12.3 Å². The van der Waals surface area contributed by atoms with Crippen LogP contribution in [0.25, 0.3) is 11.0 Å². The van der Waals surface area contributed by atoms with Crippen molar-refractivity contribution in [1.82, 2.24) is 9.55 Å². The van der Waals surface area contributed by atoms with Crippen LogP contribution in [0, 0.1) is 12.3 Å². The number of anilines is 1. The topological polar surface area (TPSA) is 29.9 Å². The predicted molar refractivity (Wildman–Crippen MR) is 71.9 cm³/mol. The van der Waals surface area contributed by atoms with Gasteiger partial charge in [0.25, 0.3) is 0 Å². The number of aromatic nitrogens is 2. The zero-order valence-electron chi connectivity index (χ0n) is 10.3. The SMILES string of the molecule is C#CCC(CC)Nc1nc2ccccc2n1C. The molecule has 0 spiro atoms. The summed E-state index contributed by atoms with van der Waals surface area (Å²) in [6, 6.07) is 8.39. The highest BCUT2D eigenvalue weighted by atomic mass is 15.2. The van der Waals surface area contributed by atoms with Gasteiger partial charge in [0.05, 0.1) is 11.0 Å². The van der Waals surface area contributed by atoms with Crippen LogP contribution in [0.1, 0.15) is 19.8 Å². The quantitative estimate of drug-likeness (QED) is 0.814. The van der Waals surface area contributed by atoms with Crippen molar-refractivity contribution in [2.24, 2.45) is 7.05 Å². The molecule has 1 unspecified atom stereocenters. The highest BCUT2D eigenvalue weighted by molar-refractivity contribution is 5.78. The molecule has 0 bridgehead atoms. The normalized spacial score (nSPS) is 12.3. The summed E-state index contributed by atoms with van der Waals surface area (Å²) >= 11 is 0. The summed E-state index contributed by atoms with van der Waals surface area (Å²) in [4.78, 5) is 4.57. The molecule has 0 fully saturated rings. The van der Waals surface area contributed by atoms with Gasteiger partial charge in [-0.25, -0.2) is 4.98 Å². The van der Waals surface area contributed by atoms with Crippen LogP contribution in [0.5, 0.6) is 0 Å². The molecule has 0 amide bonds. The van der Waals surface area contributed by atoms with E-state index in [2.05, 4.69) is 33.8 Å². The Balaban J connectivity index is 2.30. The molecule has 2 aromatic rings. The Morgan fingerprint density at radius 3 is 2.88 bits per heavy atom. The molecule has 0 saturated heterocycles. The van der Waals surface area contributed by atoms with Crippen LogP contribution >= 0.6 is 0 Å². The van der Waals surface area contributed by atoms with E-state index in [4.69, 9.17) is 6.42 Å². The van der Waals surface area contributed by atoms with Crippen molar-refractivity contribution < 1.29 is 0 Å². The van der Waals surface area contributed by atoms with Crippen molar-refractivity contribution in [1.29, 1.82) is 0 Å². The average Bonchev–Trinajstić information content (AvgIpc) is 2.66. The minimum absolute atomic E-state index is 0.288. The van der Waals surface area contributed by atoms with Crippen LogP contribution in [0.4, 0.5) is 5.95 Å². The number of aryl methyl sites for hydroxylation is 1. The van der Waals surface area contributed by atoms with Crippen molar-refractivity contribution in [2.45, 2.75) is 25.8 Å². The molecular formula is C14H17N3. The highest BCUT2D eigenvalue weighted by Crippen LogP contribution is 2.18. The van der Waals surface area contributed by atoms with Crippen molar-refractivity contribution >= 4 is 17.0 Å². The molecular weight excluding hydrogens is 210 g/mol. The molecule has 1 aromatic heterocycles. The zero-order valence-corrected chi connectivity index (χ0v) is 10.3. The molecule has 1 heterocycles. The fraction of sp³-hybridized carbons (Fsp3) is 0.357. The Labute approximate surface area is 102 Å². The maximum absolute atomic E-state index is 5.35. The van der Waals surface area contributed by atoms with E-state index in [9.17, 15) is 0 Å². The Hall–Kier alpha value is -1.95. The van der Waals surface area contributed by atoms with Crippen molar-refractivity contribution in [3.8, 4) is 12.3 Å². The number of rotatable bonds is 4. The minimum atomic E-state index is 0.288. The van der Waals surface area contributed by atoms with Crippen LogP contribution in [0.3, 0.4) is 0 Å². The Bertz CT molecular complexity index is 548. The lowest BCUT2D eigenvalue weighted by Crippen LogP contribution is -2.19. The summed E-state index contributed by atoms with van der Waals surface area (Å²) in [7, 11) is 2.01. The zero-order chi connectivity index (χ0) is 12.3. The first kappa shape index (κ1) is 11.5. The maximum Gasteiger partial charge on any atom is 0.203 e. The number of para-hydroxylation sites is 2. The summed E-state index contributed by atoms with van der Waals surface area (Å²) in [6.07, 6.45) is 7.07. The van der Waals surface area contributed by atoms with E-state index in [1.807, 2.05) is 25.2 Å². The van der Waals surface area contributed by atoms with Crippen molar-refractivity contribution in [2.75, 3.05) is 5.32 Å².